The van der Waals surface area contributed by atoms with Crippen LogP contribution in [0, 0.1) is 6.92 Å². The molecule has 134 valence electrons. The second-order valence-electron chi connectivity index (χ2n) is 5.95. The van der Waals surface area contributed by atoms with E-state index in [-0.39, 0.29) is 17.1 Å². The Morgan fingerprint density at radius 1 is 1.12 bits per heavy atom. The molecule has 0 spiro atoms. The van der Waals surface area contributed by atoms with Crippen LogP contribution in [0.25, 0.3) is 10.2 Å². The van der Waals surface area contributed by atoms with Crippen LogP contribution in [0.1, 0.15) is 19.4 Å². The number of thiazole rings is 1. The van der Waals surface area contributed by atoms with E-state index < -0.39 is 0 Å². The van der Waals surface area contributed by atoms with Gasteiger partial charge in [-0.3, -0.25) is 9.59 Å². The van der Waals surface area contributed by atoms with E-state index in [0.29, 0.717) is 5.13 Å². The highest BCUT2D eigenvalue weighted by Crippen LogP contribution is 2.29. The monoisotopic (exact) mass is 385 g/mol. The van der Waals surface area contributed by atoms with Crippen molar-refractivity contribution in [3.63, 3.8) is 0 Å². The predicted molar refractivity (Wildman–Crippen MR) is 109 cm³/mol. The summed E-state index contributed by atoms with van der Waals surface area (Å²) in [5.41, 5.74) is 2.80. The summed E-state index contributed by atoms with van der Waals surface area (Å²) in [5, 5.41) is 5.97. The molecule has 0 radical (unpaired) electrons. The van der Waals surface area contributed by atoms with Gasteiger partial charge in [0.05, 0.1) is 15.5 Å². The summed E-state index contributed by atoms with van der Waals surface area (Å²) >= 11 is 2.94. The average molecular weight is 386 g/mol. The number of nitrogens with one attached hydrogen (secondary N) is 2. The Morgan fingerprint density at radius 3 is 2.54 bits per heavy atom. The van der Waals surface area contributed by atoms with Gasteiger partial charge in [0.2, 0.25) is 11.8 Å². The van der Waals surface area contributed by atoms with Crippen molar-refractivity contribution in [1.29, 1.82) is 0 Å². The molecule has 0 aliphatic heterocycles. The molecule has 3 aromatic rings. The number of anilines is 2. The number of rotatable bonds is 5. The van der Waals surface area contributed by atoms with Crippen molar-refractivity contribution in [1.82, 2.24) is 4.98 Å². The lowest BCUT2D eigenvalue weighted by molar-refractivity contribution is -0.115. The fourth-order valence-electron chi connectivity index (χ4n) is 2.37. The largest absolute Gasteiger partial charge is 0.326 e. The first-order chi connectivity index (χ1) is 12.4. The summed E-state index contributed by atoms with van der Waals surface area (Å²) in [5.74, 6) is -0.194. The lowest BCUT2D eigenvalue weighted by Crippen LogP contribution is -2.22. The molecular weight excluding hydrogens is 366 g/mol. The molecule has 3 rings (SSSR count). The molecule has 2 amide bonds. The van der Waals surface area contributed by atoms with Gasteiger partial charge in [-0.25, -0.2) is 4.98 Å². The molecule has 1 heterocycles. The number of aryl methyl sites for hydroxylation is 1. The molecule has 5 nitrogen and oxygen atoms in total. The van der Waals surface area contributed by atoms with Crippen molar-refractivity contribution < 1.29 is 9.59 Å². The Bertz CT molecular complexity index is 951. The molecule has 0 aliphatic rings. The number of benzene rings is 2. The molecule has 26 heavy (non-hydrogen) atoms. The van der Waals surface area contributed by atoms with Crippen molar-refractivity contribution in [2.24, 2.45) is 0 Å². The zero-order valence-corrected chi connectivity index (χ0v) is 16.3. The van der Waals surface area contributed by atoms with Gasteiger partial charge in [0.15, 0.2) is 5.13 Å². The Labute approximate surface area is 160 Å². The average Bonchev–Trinajstić information content (AvgIpc) is 2.97. The predicted octanol–water partition coefficient (Wildman–Crippen LogP) is 4.68. The molecule has 0 aliphatic carbocycles. The van der Waals surface area contributed by atoms with Crippen molar-refractivity contribution >= 4 is 55.9 Å². The Morgan fingerprint density at radius 2 is 1.85 bits per heavy atom. The second kappa shape index (κ2) is 7.88. The summed E-state index contributed by atoms with van der Waals surface area (Å²) < 4.78 is 1.06. The number of carbonyl (C=O) groups excluding carboxylic acids is 2. The van der Waals surface area contributed by atoms with Gasteiger partial charge in [0.25, 0.3) is 0 Å². The molecule has 0 saturated heterocycles. The van der Waals surface area contributed by atoms with Crippen molar-refractivity contribution in [3.8, 4) is 0 Å². The standard InChI is InChI=1S/C19H19N3O2S2/c1-11-4-9-16-17(10-11)26-19(21-16)22-18(24)12(2)25-15-7-5-14(6-8-15)20-13(3)23/h4-10,12H,1-3H3,(H,20,23)(H,21,22,24). The van der Waals surface area contributed by atoms with Crippen LogP contribution in [-0.2, 0) is 9.59 Å². The van der Waals surface area contributed by atoms with Crippen LogP contribution in [0.3, 0.4) is 0 Å². The Balaban J connectivity index is 1.62. The molecule has 2 N–H and O–H groups in total. The van der Waals surface area contributed by atoms with Crippen molar-refractivity contribution in [3.05, 3.63) is 48.0 Å². The van der Waals surface area contributed by atoms with Gasteiger partial charge in [-0.1, -0.05) is 17.4 Å². The van der Waals surface area contributed by atoms with Gasteiger partial charge in [0, 0.05) is 17.5 Å². The fourth-order valence-corrected chi connectivity index (χ4v) is 4.20. The van der Waals surface area contributed by atoms with E-state index in [2.05, 4.69) is 21.7 Å². The highest BCUT2D eigenvalue weighted by atomic mass is 32.2. The number of amides is 2. The van der Waals surface area contributed by atoms with Gasteiger partial charge in [-0.05, 0) is 55.8 Å². The van der Waals surface area contributed by atoms with E-state index >= 15 is 0 Å². The fraction of sp³-hybridized carbons (Fsp3) is 0.211. The van der Waals surface area contributed by atoms with Gasteiger partial charge in [-0.15, -0.1) is 11.8 Å². The first-order valence-corrected chi connectivity index (χ1v) is 9.83. The van der Waals surface area contributed by atoms with E-state index in [4.69, 9.17) is 0 Å². The third-order valence-electron chi connectivity index (χ3n) is 3.63. The third kappa shape index (κ3) is 4.62. The first-order valence-electron chi connectivity index (χ1n) is 8.13. The molecule has 2 aromatic carbocycles. The lowest BCUT2D eigenvalue weighted by atomic mass is 10.2. The van der Waals surface area contributed by atoms with Crippen LogP contribution in [0.4, 0.5) is 10.8 Å². The first kappa shape index (κ1) is 18.4. The third-order valence-corrected chi connectivity index (χ3v) is 5.68. The molecule has 0 fully saturated rings. The van der Waals surface area contributed by atoms with E-state index in [1.165, 1.54) is 35.6 Å². The van der Waals surface area contributed by atoms with E-state index in [0.717, 1.165) is 20.8 Å². The van der Waals surface area contributed by atoms with Crippen LogP contribution in [-0.4, -0.2) is 22.0 Å². The minimum Gasteiger partial charge on any atom is -0.326 e. The van der Waals surface area contributed by atoms with Crippen LogP contribution in [0.5, 0.6) is 0 Å². The van der Waals surface area contributed by atoms with Crippen LogP contribution in [0.15, 0.2) is 47.4 Å². The van der Waals surface area contributed by atoms with E-state index in [9.17, 15) is 9.59 Å². The molecule has 0 bridgehead atoms. The van der Waals surface area contributed by atoms with Crippen LogP contribution in [0.2, 0.25) is 0 Å². The summed E-state index contributed by atoms with van der Waals surface area (Å²) in [4.78, 5) is 28.9. The summed E-state index contributed by atoms with van der Waals surface area (Å²) in [7, 11) is 0. The summed E-state index contributed by atoms with van der Waals surface area (Å²) in [6.45, 7) is 5.37. The maximum absolute atomic E-state index is 12.5. The van der Waals surface area contributed by atoms with Crippen molar-refractivity contribution in [2.75, 3.05) is 10.6 Å². The molecular formula is C19H19N3O2S2. The minimum atomic E-state index is -0.268. The number of carbonyl (C=O) groups is 2. The smallest absolute Gasteiger partial charge is 0.239 e. The highest BCUT2D eigenvalue weighted by Gasteiger charge is 2.16. The maximum Gasteiger partial charge on any atom is 0.239 e. The molecule has 1 atom stereocenters. The number of thioether (sulfide) groups is 1. The van der Waals surface area contributed by atoms with Crippen LogP contribution < -0.4 is 10.6 Å². The van der Waals surface area contributed by atoms with Crippen LogP contribution >= 0.6 is 23.1 Å². The molecule has 0 saturated carbocycles. The molecule has 1 aromatic heterocycles. The Kier molecular flexibility index (Phi) is 5.58. The number of hydrogen-bond acceptors (Lipinski definition) is 5. The van der Waals surface area contributed by atoms with Gasteiger partial charge < -0.3 is 10.6 Å². The SMILES string of the molecule is CC(=O)Nc1ccc(SC(C)C(=O)Nc2nc3ccc(C)cc3s2)cc1. The van der Waals surface area contributed by atoms with E-state index in [1.807, 2.05) is 50.2 Å². The normalized spacial score (nSPS) is 12.0. The summed E-state index contributed by atoms with van der Waals surface area (Å²) in [6.07, 6.45) is 0. The zero-order valence-electron chi connectivity index (χ0n) is 14.7. The van der Waals surface area contributed by atoms with Gasteiger partial charge in [-0.2, -0.15) is 0 Å². The molecule has 7 heteroatoms. The number of fused-ring (bicyclic) bond motifs is 1. The second-order valence-corrected chi connectivity index (χ2v) is 8.39. The zero-order chi connectivity index (χ0) is 18.7. The quantitative estimate of drug-likeness (QED) is 0.626. The minimum absolute atomic E-state index is 0.0864. The number of aromatic nitrogens is 1. The highest BCUT2D eigenvalue weighted by molar-refractivity contribution is 8.00. The maximum atomic E-state index is 12.5. The topological polar surface area (TPSA) is 71.1 Å². The summed E-state index contributed by atoms with van der Waals surface area (Å²) in [6, 6.07) is 13.5. The van der Waals surface area contributed by atoms with E-state index in [1.54, 1.807) is 0 Å². The number of nitrogens with zero attached hydrogens (tertiary/aromatic N) is 1. The van der Waals surface area contributed by atoms with Crippen molar-refractivity contribution in [2.45, 2.75) is 30.9 Å². The van der Waals surface area contributed by atoms with Gasteiger partial charge >= 0.3 is 0 Å². The van der Waals surface area contributed by atoms with Gasteiger partial charge in [0.1, 0.15) is 0 Å². The molecule has 1 unspecified atom stereocenters. The Hall–Kier alpha value is -2.38. The number of hydrogen-bond donors (Lipinski definition) is 2. The lowest BCUT2D eigenvalue weighted by Gasteiger charge is -2.11.